The first-order valence-electron chi connectivity index (χ1n) is 13.6. The summed E-state index contributed by atoms with van der Waals surface area (Å²) >= 11 is 2.88. The highest BCUT2D eigenvalue weighted by Crippen LogP contribution is 2.28. The molecule has 12 heteroatoms. The Morgan fingerprint density at radius 3 is 2.44 bits per heavy atom. The molecule has 3 aromatic carbocycles. The molecule has 2 atom stereocenters. The van der Waals surface area contributed by atoms with Crippen molar-refractivity contribution in [2.24, 2.45) is 17.3 Å². The second-order valence-corrected chi connectivity index (χ2v) is 13.7. The SMILES string of the molecule is C[CH]C([CH]C(C)n1ccnc1)c1ccc(Cn2c(=NN=c3sc4cc(S(=O)(=O)O)ccc4n3C)sc3ccccc32)cc1. The van der Waals surface area contributed by atoms with Gasteiger partial charge in [0.05, 0.1) is 38.2 Å². The molecule has 6 rings (SSSR count). The standard InChI is InChI=1S/C31H30N6O3S3/c1-4-23(17-21(2)36-16-15-32-20-36)24-11-9-22(10-12-24)19-37-27-7-5-6-8-28(27)41-31(37)34-33-30-35(3)26-14-13-25(43(38,39)40)18-29(26)42-30/h4-18,20-21,23H,19H2,1-3H3,(H,38,39,40). The minimum atomic E-state index is -4.29. The van der Waals surface area contributed by atoms with Crippen molar-refractivity contribution in [3.05, 3.63) is 119 Å². The van der Waals surface area contributed by atoms with Crippen LogP contribution in [0.3, 0.4) is 0 Å². The Hall–Kier alpha value is -3.84. The van der Waals surface area contributed by atoms with E-state index in [4.69, 9.17) is 0 Å². The first-order valence-corrected chi connectivity index (χ1v) is 16.7. The molecule has 2 radical (unpaired) electrons. The molecule has 9 nitrogen and oxygen atoms in total. The van der Waals surface area contributed by atoms with Gasteiger partial charge >= 0.3 is 0 Å². The van der Waals surface area contributed by atoms with Crippen LogP contribution in [-0.4, -0.2) is 31.7 Å². The number of aromatic nitrogens is 4. The minimum Gasteiger partial charge on any atom is -0.334 e. The molecule has 0 amide bonds. The number of hydrogen-bond donors (Lipinski definition) is 1. The molecule has 0 saturated carbocycles. The smallest absolute Gasteiger partial charge is 0.294 e. The lowest BCUT2D eigenvalue weighted by atomic mass is 9.90. The van der Waals surface area contributed by atoms with Crippen LogP contribution in [0, 0.1) is 12.8 Å². The van der Waals surface area contributed by atoms with Gasteiger partial charge in [0.25, 0.3) is 10.1 Å². The predicted molar refractivity (Wildman–Crippen MR) is 171 cm³/mol. The fourth-order valence-electron chi connectivity index (χ4n) is 5.06. The van der Waals surface area contributed by atoms with E-state index in [1.165, 1.54) is 29.0 Å². The maximum absolute atomic E-state index is 11.6. The Morgan fingerprint density at radius 2 is 1.72 bits per heavy atom. The fraction of sp³-hybridized carbons (Fsp3) is 0.194. The van der Waals surface area contributed by atoms with Gasteiger partial charge in [0.1, 0.15) is 0 Å². The van der Waals surface area contributed by atoms with Crippen molar-refractivity contribution in [2.75, 3.05) is 0 Å². The summed E-state index contributed by atoms with van der Waals surface area (Å²) in [5, 5.41) is 9.23. The zero-order valence-electron chi connectivity index (χ0n) is 23.8. The van der Waals surface area contributed by atoms with E-state index in [1.807, 2.05) is 36.3 Å². The number of nitrogens with zero attached hydrogens (tertiary/aromatic N) is 6. The van der Waals surface area contributed by atoms with E-state index in [2.05, 4.69) is 87.4 Å². The number of hydrogen-bond acceptors (Lipinski definition) is 7. The molecular formula is C31H30N6O3S3. The summed E-state index contributed by atoms with van der Waals surface area (Å²) in [4.78, 5) is 5.39. The molecule has 6 aromatic rings. The molecule has 0 fully saturated rings. The monoisotopic (exact) mass is 630 g/mol. The summed E-state index contributed by atoms with van der Waals surface area (Å²) in [5.74, 6) is 0.209. The van der Waals surface area contributed by atoms with Crippen molar-refractivity contribution >= 4 is 53.2 Å². The van der Waals surface area contributed by atoms with Crippen LogP contribution >= 0.6 is 22.7 Å². The van der Waals surface area contributed by atoms with Crippen molar-refractivity contribution in [2.45, 2.75) is 37.2 Å². The third-order valence-corrected chi connectivity index (χ3v) is 10.4. The highest BCUT2D eigenvalue weighted by atomic mass is 32.2. The molecule has 1 N–H and O–H groups in total. The van der Waals surface area contributed by atoms with Gasteiger partial charge in [-0.2, -0.15) is 8.42 Å². The van der Waals surface area contributed by atoms with Crippen LogP contribution in [0.25, 0.3) is 20.4 Å². The number of thiazole rings is 2. The first kappa shape index (κ1) is 29.2. The quantitative estimate of drug-likeness (QED) is 0.158. The van der Waals surface area contributed by atoms with E-state index in [-0.39, 0.29) is 16.9 Å². The molecule has 220 valence electrons. The van der Waals surface area contributed by atoms with E-state index in [0.717, 1.165) is 26.1 Å². The molecule has 0 saturated heterocycles. The molecule has 3 heterocycles. The largest absolute Gasteiger partial charge is 0.334 e. The topological polar surface area (TPSA) is 107 Å². The van der Waals surface area contributed by atoms with Crippen molar-refractivity contribution in [1.82, 2.24) is 18.7 Å². The van der Waals surface area contributed by atoms with E-state index < -0.39 is 10.1 Å². The molecule has 3 aromatic heterocycles. The summed E-state index contributed by atoms with van der Waals surface area (Å²) in [7, 11) is -2.44. The molecule has 0 aliphatic heterocycles. The first-order chi connectivity index (χ1) is 20.7. The van der Waals surface area contributed by atoms with Crippen LogP contribution < -0.4 is 9.60 Å². The number of rotatable bonds is 9. The number of aryl methyl sites for hydroxylation is 1. The fourth-order valence-corrected chi connectivity index (χ4v) is 7.63. The van der Waals surface area contributed by atoms with Gasteiger partial charge in [0.15, 0.2) is 0 Å². The molecular weight excluding hydrogens is 601 g/mol. The van der Waals surface area contributed by atoms with Crippen molar-refractivity contribution in [3.8, 4) is 0 Å². The molecule has 0 spiro atoms. The summed E-state index contributed by atoms with van der Waals surface area (Å²) in [6, 6.07) is 21.6. The van der Waals surface area contributed by atoms with Gasteiger partial charge in [-0.3, -0.25) is 4.55 Å². The third kappa shape index (κ3) is 6.14. The summed E-state index contributed by atoms with van der Waals surface area (Å²) in [6.45, 7) is 4.88. The Morgan fingerprint density at radius 1 is 0.977 bits per heavy atom. The van der Waals surface area contributed by atoms with Crippen LogP contribution in [0.15, 0.2) is 101 Å². The lowest BCUT2D eigenvalue weighted by molar-refractivity contribution is 0.483. The lowest BCUT2D eigenvalue weighted by Crippen LogP contribution is -2.16. The summed E-state index contributed by atoms with van der Waals surface area (Å²) in [6.07, 6.45) is 10.1. The molecule has 43 heavy (non-hydrogen) atoms. The zero-order chi connectivity index (χ0) is 30.1. The molecule has 0 aliphatic rings. The Bertz CT molecular complexity index is 2140. The van der Waals surface area contributed by atoms with E-state index in [9.17, 15) is 13.0 Å². The van der Waals surface area contributed by atoms with Gasteiger partial charge in [-0.1, -0.05) is 66.0 Å². The second-order valence-electron chi connectivity index (χ2n) is 10.2. The summed E-state index contributed by atoms with van der Waals surface area (Å²) < 4.78 is 40.6. The van der Waals surface area contributed by atoms with Crippen LogP contribution in [0.1, 0.15) is 36.9 Å². The van der Waals surface area contributed by atoms with Crippen LogP contribution in [0.5, 0.6) is 0 Å². The third-order valence-electron chi connectivity index (χ3n) is 7.43. The van der Waals surface area contributed by atoms with Gasteiger partial charge in [-0.25, -0.2) is 4.98 Å². The van der Waals surface area contributed by atoms with Gasteiger partial charge in [0.2, 0.25) is 9.60 Å². The number of para-hydroxylation sites is 1. The summed E-state index contributed by atoms with van der Waals surface area (Å²) in [5.41, 5.74) is 4.25. The van der Waals surface area contributed by atoms with Crippen molar-refractivity contribution in [1.29, 1.82) is 0 Å². The van der Waals surface area contributed by atoms with Gasteiger partial charge < -0.3 is 13.7 Å². The average Bonchev–Trinajstić information content (AvgIpc) is 3.73. The van der Waals surface area contributed by atoms with Gasteiger partial charge in [-0.15, -0.1) is 10.2 Å². The van der Waals surface area contributed by atoms with Crippen LogP contribution in [0.4, 0.5) is 0 Å². The number of imidazole rings is 1. The number of benzene rings is 3. The number of fused-ring (bicyclic) bond motifs is 2. The van der Waals surface area contributed by atoms with Crippen LogP contribution in [-0.2, 0) is 23.7 Å². The zero-order valence-corrected chi connectivity index (χ0v) is 26.2. The highest BCUT2D eigenvalue weighted by molar-refractivity contribution is 7.85. The van der Waals surface area contributed by atoms with E-state index in [1.54, 1.807) is 23.6 Å². The maximum Gasteiger partial charge on any atom is 0.294 e. The van der Waals surface area contributed by atoms with Crippen molar-refractivity contribution in [3.63, 3.8) is 0 Å². The highest BCUT2D eigenvalue weighted by Gasteiger charge is 2.16. The Labute approximate surface area is 257 Å². The molecule has 0 aliphatic carbocycles. The van der Waals surface area contributed by atoms with E-state index in [0.29, 0.717) is 16.0 Å². The van der Waals surface area contributed by atoms with Gasteiger partial charge in [-0.05, 0) is 67.1 Å². The Kier molecular flexibility index (Phi) is 8.19. The molecule has 0 bridgehead atoms. The maximum atomic E-state index is 11.6. The minimum absolute atomic E-state index is 0.146. The normalized spacial score (nSPS) is 14.6. The van der Waals surface area contributed by atoms with Crippen LogP contribution in [0.2, 0.25) is 0 Å². The molecule has 2 unspecified atom stereocenters. The average molecular weight is 631 g/mol. The van der Waals surface area contributed by atoms with Crippen molar-refractivity contribution < 1.29 is 13.0 Å². The van der Waals surface area contributed by atoms with Gasteiger partial charge in [0, 0.05) is 25.5 Å². The Balaban J connectivity index is 1.32. The predicted octanol–water partition coefficient (Wildman–Crippen LogP) is 5.94. The lowest BCUT2D eigenvalue weighted by Gasteiger charge is -2.21. The van der Waals surface area contributed by atoms with E-state index >= 15 is 0 Å². The second kappa shape index (κ2) is 12.0.